The van der Waals surface area contributed by atoms with Gasteiger partial charge in [0.15, 0.2) is 5.52 Å². The molecular formula is C13H17FN4O7. The van der Waals surface area contributed by atoms with Crippen LogP contribution in [-0.2, 0) is 4.74 Å². The Balaban J connectivity index is 0.00000109. The topological polar surface area (TPSA) is 164 Å². The van der Waals surface area contributed by atoms with E-state index in [1.165, 1.54) is 12.1 Å². The molecule has 0 radical (unpaired) electrons. The van der Waals surface area contributed by atoms with E-state index in [4.69, 9.17) is 9.84 Å². The maximum Gasteiger partial charge on any atom is 0.300 e. The van der Waals surface area contributed by atoms with Gasteiger partial charge in [0.05, 0.1) is 23.3 Å². The van der Waals surface area contributed by atoms with E-state index < -0.39 is 36.0 Å². The van der Waals surface area contributed by atoms with Gasteiger partial charge >= 0.3 is 5.69 Å². The van der Waals surface area contributed by atoms with E-state index in [1.807, 2.05) is 0 Å². The molecule has 0 bridgehead atoms. The minimum atomic E-state index is -1.39. The number of anilines is 1. The average molecular weight is 360 g/mol. The molecule has 12 heteroatoms. The molecule has 2 heterocycles. The first-order chi connectivity index (χ1) is 12.0. The number of fused-ring (bicyclic) bond motifs is 1. The van der Waals surface area contributed by atoms with E-state index in [9.17, 15) is 24.7 Å². The van der Waals surface area contributed by atoms with Gasteiger partial charge < -0.3 is 25.4 Å². The number of rotatable bonds is 4. The smallest absolute Gasteiger partial charge is 0.300 e. The van der Waals surface area contributed by atoms with Crippen LogP contribution in [0.4, 0.5) is 15.8 Å². The lowest BCUT2D eigenvalue weighted by molar-refractivity contribution is -0.383. The van der Waals surface area contributed by atoms with Gasteiger partial charge in [0.2, 0.25) is 5.52 Å². The van der Waals surface area contributed by atoms with Crippen LogP contribution < -0.4 is 5.32 Å². The molecule has 0 saturated carbocycles. The van der Waals surface area contributed by atoms with Crippen LogP contribution in [0.25, 0.3) is 11.0 Å². The predicted molar refractivity (Wildman–Crippen MR) is 81.7 cm³/mol. The Morgan fingerprint density at radius 3 is 2.64 bits per heavy atom. The highest BCUT2D eigenvalue weighted by atomic mass is 19.1. The number of halogens is 1. The first-order valence-corrected chi connectivity index (χ1v) is 7.17. The fourth-order valence-corrected chi connectivity index (χ4v) is 2.46. The Hall–Kier alpha value is -2.41. The molecule has 4 N–H and O–H groups in total. The van der Waals surface area contributed by atoms with Crippen molar-refractivity contribution in [3.63, 3.8) is 0 Å². The van der Waals surface area contributed by atoms with Crippen LogP contribution in [0.3, 0.4) is 0 Å². The minimum absolute atomic E-state index is 0.0478. The molecule has 1 fully saturated rings. The number of nitro benzene ring substituents is 1. The van der Waals surface area contributed by atoms with Crippen LogP contribution in [-0.4, -0.2) is 75.3 Å². The van der Waals surface area contributed by atoms with E-state index >= 15 is 0 Å². The highest BCUT2D eigenvalue weighted by Crippen LogP contribution is 2.30. The maximum absolute atomic E-state index is 12.6. The summed E-state index contributed by atoms with van der Waals surface area (Å²) in [6.45, 7) is -0.976. The number of non-ortho nitro benzene ring substituents is 1. The molecular weight excluding hydrogens is 343 g/mol. The fourth-order valence-electron chi connectivity index (χ4n) is 2.46. The van der Waals surface area contributed by atoms with E-state index in [-0.39, 0.29) is 23.3 Å². The number of nitrogens with one attached hydrogen (secondary N) is 1. The van der Waals surface area contributed by atoms with Gasteiger partial charge in [-0.3, -0.25) is 10.1 Å². The van der Waals surface area contributed by atoms with E-state index in [1.54, 1.807) is 0 Å². The van der Waals surface area contributed by atoms with Gasteiger partial charge in [-0.05, 0) is 16.4 Å². The number of hydrogen-bond acceptors (Lipinski definition) is 10. The lowest BCUT2D eigenvalue weighted by atomic mass is 9.98. The SMILES string of the molecule is CO.O=[N+]([O-])c1ccc(NC2COC(CF)C(O)C2O)c2nonc12. The van der Waals surface area contributed by atoms with Gasteiger partial charge in [-0.25, -0.2) is 9.02 Å². The first-order valence-electron chi connectivity index (χ1n) is 7.17. The standard InChI is InChI=1S/C12H13FN4O6.CH4O/c13-3-8-12(19)11(18)6(4-22-8)14-5-1-2-7(17(20)21)10-9(5)15-23-16-10;1-2/h1-2,6,8,11-12,14,18-19H,3-4H2;2H,1H3. The van der Waals surface area contributed by atoms with Crippen molar-refractivity contribution in [3.8, 4) is 0 Å². The minimum Gasteiger partial charge on any atom is -0.400 e. The summed E-state index contributed by atoms with van der Waals surface area (Å²) >= 11 is 0. The quantitative estimate of drug-likeness (QED) is 0.417. The van der Waals surface area contributed by atoms with Crippen molar-refractivity contribution in [1.82, 2.24) is 10.3 Å². The lowest BCUT2D eigenvalue weighted by Crippen LogP contribution is -2.56. The first kappa shape index (κ1) is 18.9. The number of nitrogens with zero attached hydrogens (tertiary/aromatic N) is 3. The fraction of sp³-hybridized carbons (Fsp3) is 0.538. The van der Waals surface area contributed by atoms with E-state index in [2.05, 4.69) is 20.3 Å². The van der Waals surface area contributed by atoms with Crippen molar-refractivity contribution >= 4 is 22.4 Å². The highest BCUT2D eigenvalue weighted by Gasteiger charge is 2.38. The third-order valence-corrected chi connectivity index (χ3v) is 3.72. The molecule has 0 amide bonds. The number of aromatic nitrogens is 2. The number of benzene rings is 1. The zero-order valence-corrected chi connectivity index (χ0v) is 13.1. The molecule has 3 rings (SSSR count). The summed E-state index contributed by atoms with van der Waals surface area (Å²) < 4.78 is 22.3. The molecule has 1 aliphatic heterocycles. The second-order valence-electron chi connectivity index (χ2n) is 5.11. The lowest BCUT2D eigenvalue weighted by Gasteiger charge is -2.37. The summed E-state index contributed by atoms with van der Waals surface area (Å²) in [5, 5.41) is 47.7. The molecule has 25 heavy (non-hydrogen) atoms. The van der Waals surface area contributed by atoms with Gasteiger partial charge in [0.25, 0.3) is 0 Å². The second-order valence-corrected chi connectivity index (χ2v) is 5.11. The van der Waals surface area contributed by atoms with Crippen molar-refractivity contribution in [3.05, 3.63) is 22.2 Å². The van der Waals surface area contributed by atoms with Crippen LogP contribution >= 0.6 is 0 Å². The summed E-state index contributed by atoms with van der Waals surface area (Å²) in [7, 11) is 1.00. The molecule has 0 spiro atoms. The number of ether oxygens (including phenoxy) is 1. The number of aliphatic hydroxyl groups is 3. The van der Waals surface area contributed by atoms with Crippen LogP contribution in [0.2, 0.25) is 0 Å². The van der Waals surface area contributed by atoms with Gasteiger partial charge in [-0.1, -0.05) is 0 Å². The maximum atomic E-state index is 12.6. The second kappa shape index (κ2) is 8.11. The molecule has 11 nitrogen and oxygen atoms in total. The molecule has 4 unspecified atom stereocenters. The van der Waals surface area contributed by atoms with Crippen LogP contribution in [0, 0.1) is 10.1 Å². The Kier molecular flexibility index (Phi) is 6.14. The van der Waals surface area contributed by atoms with Gasteiger partial charge in [-0.15, -0.1) is 0 Å². The molecule has 1 saturated heterocycles. The Labute approximate surface area is 140 Å². The number of nitro groups is 1. The molecule has 2 aromatic rings. The highest BCUT2D eigenvalue weighted by molar-refractivity contribution is 5.93. The number of aliphatic hydroxyl groups excluding tert-OH is 3. The molecule has 1 aliphatic rings. The normalized spacial score (nSPS) is 26.0. The Morgan fingerprint density at radius 2 is 2.00 bits per heavy atom. The monoisotopic (exact) mass is 360 g/mol. The van der Waals surface area contributed by atoms with Gasteiger partial charge in [0, 0.05) is 13.2 Å². The van der Waals surface area contributed by atoms with Crippen LogP contribution in [0.1, 0.15) is 0 Å². The number of alkyl halides is 1. The zero-order valence-electron chi connectivity index (χ0n) is 13.1. The summed E-state index contributed by atoms with van der Waals surface area (Å²) in [5.74, 6) is 0. The van der Waals surface area contributed by atoms with E-state index in [0.29, 0.717) is 5.69 Å². The van der Waals surface area contributed by atoms with Gasteiger partial charge in [-0.2, -0.15) is 0 Å². The Morgan fingerprint density at radius 1 is 1.32 bits per heavy atom. The predicted octanol–water partition coefficient (Wildman–Crippen LogP) is -0.390. The van der Waals surface area contributed by atoms with Crippen LogP contribution in [0.5, 0.6) is 0 Å². The average Bonchev–Trinajstić information content (AvgIpc) is 3.11. The summed E-state index contributed by atoms with van der Waals surface area (Å²) in [6.07, 6.45) is -3.77. The zero-order chi connectivity index (χ0) is 18.6. The van der Waals surface area contributed by atoms with Crippen molar-refractivity contribution in [2.24, 2.45) is 0 Å². The van der Waals surface area contributed by atoms with Crippen molar-refractivity contribution in [2.75, 3.05) is 25.7 Å². The summed E-state index contributed by atoms with van der Waals surface area (Å²) in [5.41, 5.74) is 0.0945. The van der Waals surface area contributed by atoms with Crippen molar-refractivity contribution < 1.29 is 34.0 Å². The van der Waals surface area contributed by atoms with Crippen molar-refractivity contribution in [2.45, 2.75) is 24.4 Å². The van der Waals surface area contributed by atoms with Gasteiger partial charge in [0.1, 0.15) is 25.0 Å². The molecule has 1 aromatic heterocycles. The Bertz CT molecular complexity index is 727. The molecule has 0 aliphatic carbocycles. The summed E-state index contributed by atoms with van der Waals surface area (Å²) in [4.78, 5) is 10.3. The summed E-state index contributed by atoms with van der Waals surface area (Å²) in [6, 6.07) is 1.84. The van der Waals surface area contributed by atoms with Crippen molar-refractivity contribution in [1.29, 1.82) is 0 Å². The third-order valence-electron chi connectivity index (χ3n) is 3.72. The van der Waals surface area contributed by atoms with Crippen LogP contribution in [0.15, 0.2) is 16.8 Å². The largest absolute Gasteiger partial charge is 0.400 e. The molecule has 1 aromatic carbocycles. The molecule has 4 atom stereocenters. The number of hydrogen-bond donors (Lipinski definition) is 4. The third kappa shape index (κ3) is 3.66. The van der Waals surface area contributed by atoms with E-state index in [0.717, 1.165) is 7.11 Å². The molecule has 138 valence electrons.